The van der Waals surface area contributed by atoms with Gasteiger partial charge in [-0.3, -0.25) is 4.79 Å². The summed E-state index contributed by atoms with van der Waals surface area (Å²) in [6.45, 7) is 4.51. The first-order valence-corrected chi connectivity index (χ1v) is 9.66. The molecule has 28 heavy (non-hydrogen) atoms. The normalized spacial score (nSPS) is 14.6. The highest BCUT2D eigenvalue weighted by molar-refractivity contribution is 5.92. The van der Waals surface area contributed by atoms with Crippen LogP contribution in [-0.4, -0.2) is 54.6 Å². The smallest absolute Gasteiger partial charge is 0.272 e. The fourth-order valence-corrected chi connectivity index (χ4v) is 3.32. The molecule has 0 radical (unpaired) electrons. The summed E-state index contributed by atoms with van der Waals surface area (Å²) in [6, 6.07) is 7.60. The maximum absolute atomic E-state index is 12.7. The second-order valence-electron chi connectivity index (χ2n) is 7.13. The van der Waals surface area contributed by atoms with Gasteiger partial charge < -0.3 is 19.7 Å². The van der Waals surface area contributed by atoms with Gasteiger partial charge in [-0.25, -0.2) is 9.97 Å². The molecule has 1 fully saturated rings. The molecule has 0 atom stereocenters. The number of carbonyl (C=O) groups excluding carboxylic acids is 1. The van der Waals surface area contributed by atoms with Gasteiger partial charge in [0, 0.05) is 25.7 Å². The molecule has 7 nitrogen and oxygen atoms in total. The number of piperidine rings is 1. The molecular formula is C21H28N4O3. The lowest BCUT2D eigenvalue weighted by atomic mass is 9.99. The van der Waals surface area contributed by atoms with Crippen molar-refractivity contribution < 1.29 is 14.3 Å². The lowest BCUT2D eigenvalue weighted by Gasteiger charge is -2.30. The van der Waals surface area contributed by atoms with Crippen LogP contribution in [0.3, 0.4) is 0 Å². The van der Waals surface area contributed by atoms with Crippen LogP contribution in [0, 0.1) is 5.92 Å². The molecule has 1 aromatic carbocycles. The van der Waals surface area contributed by atoms with Crippen LogP contribution in [0.2, 0.25) is 0 Å². The van der Waals surface area contributed by atoms with E-state index in [1.807, 2.05) is 23.1 Å². The Morgan fingerprint density at radius 1 is 1.14 bits per heavy atom. The molecule has 2 heterocycles. The Morgan fingerprint density at radius 2 is 1.89 bits per heavy atom. The lowest BCUT2D eigenvalue weighted by molar-refractivity contribution is 0.0691. The molecule has 1 amide bonds. The van der Waals surface area contributed by atoms with Gasteiger partial charge in [0.15, 0.2) is 11.5 Å². The average molecular weight is 384 g/mol. The van der Waals surface area contributed by atoms with Crippen molar-refractivity contribution in [1.29, 1.82) is 0 Å². The lowest BCUT2D eigenvalue weighted by Crippen LogP contribution is -2.38. The van der Waals surface area contributed by atoms with Crippen LogP contribution < -0.4 is 14.8 Å². The predicted molar refractivity (Wildman–Crippen MR) is 108 cm³/mol. The zero-order valence-electron chi connectivity index (χ0n) is 16.8. The number of hydrogen-bond donors (Lipinski definition) is 1. The van der Waals surface area contributed by atoms with Gasteiger partial charge in [0.05, 0.1) is 14.2 Å². The number of likely N-dealkylation sites (tertiary alicyclic amines) is 1. The predicted octanol–water partition coefficient (Wildman–Crippen LogP) is 3.02. The minimum absolute atomic E-state index is 0.0164. The van der Waals surface area contributed by atoms with E-state index in [0.29, 0.717) is 35.5 Å². The highest BCUT2D eigenvalue weighted by atomic mass is 16.5. The van der Waals surface area contributed by atoms with Gasteiger partial charge in [-0.2, -0.15) is 0 Å². The fraction of sp³-hybridized carbons (Fsp3) is 0.476. The van der Waals surface area contributed by atoms with E-state index in [9.17, 15) is 4.79 Å². The summed E-state index contributed by atoms with van der Waals surface area (Å²) in [4.78, 5) is 23.0. The highest BCUT2D eigenvalue weighted by Crippen LogP contribution is 2.27. The van der Waals surface area contributed by atoms with Gasteiger partial charge in [0.2, 0.25) is 0 Å². The molecule has 0 bridgehead atoms. The summed E-state index contributed by atoms with van der Waals surface area (Å²) in [5.41, 5.74) is 1.57. The molecule has 1 aliphatic rings. The van der Waals surface area contributed by atoms with Gasteiger partial charge in [-0.05, 0) is 42.9 Å². The minimum atomic E-state index is -0.0164. The van der Waals surface area contributed by atoms with E-state index < -0.39 is 0 Å². The molecule has 1 aliphatic heterocycles. The van der Waals surface area contributed by atoms with Crippen LogP contribution in [0.4, 0.5) is 5.82 Å². The summed E-state index contributed by atoms with van der Waals surface area (Å²) in [6.07, 6.45) is 4.33. The second kappa shape index (κ2) is 9.39. The molecule has 1 saturated heterocycles. The van der Waals surface area contributed by atoms with E-state index in [1.54, 1.807) is 20.3 Å². The number of methoxy groups -OCH3 is 2. The number of nitrogens with one attached hydrogen (secondary N) is 1. The zero-order chi connectivity index (χ0) is 19.9. The number of rotatable bonds is 7. The SMILES string of the molecule is COc1ccc(CCNc2cc(C(=O)N3CCC(C)CC3)ncn2)cc1OC. The zero-order valence-corrected chi connectivity index (χ0v) is 16.8. The first-order valence-electron chi connectivity index (χ1n) is 9.66. The standard InChI is InChI=1S/C21H28N4O3/c1-15-7-10-25(11-8-15)21(26)17-13-20(24-14-23-17)22-9-6-16-4-5-18(27-2)19(12-16)28-3/h4-5,12-15H,6-11H2,1-3H3,(H,22,23,24). The Balaban J connectivity index is 1.57. The third kappa shape index (κ3) is 4.91. The van der Waals surface area contributed by atoms with Gasteiger partial charge in [-0.15, -0.1) is 0 Å². The van der Waals surface area contributed by atoms with Gasteiger partial charge in [0.1, 0.15) is 17.8 Å². The third-order valence-electron chi connectivity index (χ3n) is 5.12. The fourth-order valence-electron chi connectivity index (χ4n) is 3.32. The Kier molecular flexibility index (Phi) is 6.68. The summed E-state index contributed by atoms with van der Waals surface area (Å²) in [5, 5.41) is 3.27. The van der Waals surface area contributed by atoms with E-state index in [0.717, 1.165) is 37.9 Å². The number of anilines is 1. The topological polar surface area (TPSA) is 76.6 Å². The maximum Gasteiger partial charge on any atom is 0.272 e. The van der Waals surface area contributed by atoms with Crippen LogP contribution in [0.1, 0.15) is 35.8 Å². The molecule has 2 aromatic rings. The number of hydrogen-bond acceptors (Lipinski definition) is 6. The van der Waals surface area contributed by atoms with Crippen molar-refractivity contribution in [2.45, 2.75) is 26.2 Å². The Hall–Kier alpha value is -2.83. The molecule has 1 N–H and O–H groups in total. The molecular weight excluding hydrogens is 356 g/mol. The van der Waals surface area contributed by atoms with Crippen molar-refractivity contribution in [3.63, 3.8) is 0 Å². The van der Waals surface area contributed by atoms with E-state index >= 15 is 0 Å². The van der Waals surface area contributed by atoms with Crippen molar-refractivity contribution in [3.05, 3.63) is 41.9 Å². The Morgan fingerprint density at radius 3 is 2.61 bits per heavy atom. The maximum atomic E-state index is 12.7. The largest absolute Gasteiger partial charge is 0.493 e. The summed E-state index contributed by atoms with van der Waals surface area (Å²) in [7, 11) is 3.25. The van der Waals surface area contributed by atoms with Crippen molar-refractivity contribution in [1.82, 2.24) is 14.9 Å². The quantitative estimate of drug-likeness (QED) is 0.791. The van der Waals surface area contributed by atoms with Gasteiger partial charge >= 0.3 is 0 Å². The van der Waals surface area contributed by atoms with E-state index in [1.165, 1.54) is 6.33 Å². The van der Waals surface area contributed by atoms with Crippen LogP contribution >= 0.6 is 0 Å². The number of ether oxygens (including phenoxy) is 2. The van der Waals surface area contributed by atoms with Crippen molar-refractivity contribution in [2.24, 2.45) is 5.92 Å². The average Bonchev–Trinajstić information content (AvgIpc) is 2.74. The third-order valence-corrected chi connectivity index (χ3v) is 5.12. The first kappa shape index (κ1) is 19.9. The number of aromatic nitrogens is 2. The van der Waals surface area contributed by atoms with Crippen molar-refractivity contribution >= 4 is 11.7 Å². The molecule has 0 aliphatic carbocycles. The molecule has 150 valence electrons. The van der Waals surface area contributed by atoms with E-state index in [2.05, 4.69) is 22.2 Å². The number of carbonyl (C=O) groups is 1. The van der Waals surface area contributed by atoms with Crippen LogP contribution in [0.15, 0.2) is 30.6 Å². The summed E-state index contributed by atoms with van der Waals surface area (Å²) in [5.74, 6) is 2.75. The Bertz CT molecular complexity index is 804. The monoisotopic (exact) mass is 384 g/mol. The number of amides is 1. The second-order valence-corrected chi connectivity index (χ2v) is 7.13. The highest BCUT2D eigenvalue weighted by Gasteiger charge is 2.22. The van der Waals surface area contributed by atoms with E-state index in [4.69, 9.17) is 9.47 Å². The summed E-state index contributed by atoms with van der Waals surface area (Å²) >= 11 is 0. The van der Waals surface area contributed by atoms with Crippen LogP contribution in [0.25, 0.3) is 0 Å². The molecule has 0 saturated carbocycles. The van der Waals surface area contributed by atoms with Gasteiger partial charge in [0.25, 0.3) is 5.91 Å². The number of benzene rings is 1. The molecule has 0 spiro atoms. The minimum Gasteiger partial charge on any atom is -0.493 e. The molecule has 1 aromatic heterocycles. The molecule has 0 unspecified atom stereocenters. The molecule has 3 rings (SSSR count). The van der Waals surface area contributed by atoms with Crippen molar-refractivity contribution in [3.8, 4) is 11.5 Å². The van der Waals surface area contributed by atoms with Gasteiger partial charge in [-0.1, -0.05) is 13.0 Å². The summed E-state index contributed by atoms with van der Waals surface area (Å²) < 4.78 is 10.6. The first-order chi connectivity index (χ1) is 13.6. The van der Waals surface area contributed by atoms with Crippen LogP contribution in [0.5, 0.6) is 11.5 Å². The molecule has 7 heteroatoms. The Labute approximate surface area is 166 Å². The van der Waals surface area contributed by atoms with Crippen molar-refractivity contribution in [2.75, 3.05) is 39.2 Å². The van der Waals surface area contributed by atoms with E-state index in [-0.39, 0.29) is 5.91 Å². The van der Waals surface area contributed by atoms with Crippen LogP contribution in [-0.2, 0) is 6.42 Å². The number of nitrogens with zero attached hydrogens (tertiary/aromatic N) is 3.